The van der Waals surface area contributed by atoms with Crippen LogP contribution in [0.1, 0.15) is 24.0 Å². The van der Waals surface area contributed by atoms with Crippen LogP contribution in [0.2, 0.25) is 0 Å². The Morgan fingerprint density at radius 3 is 2.94 bits per heavy atom. The summed E-state index contributed by atoms with van der Waals surface area (Å²) in [5.41, 5.74) is 2.48. The van der Waals surface area contributed by atoms with E-state index in [0.717, 1.165) is 37.9 Å². The largest absolute Gasteiger partial charge is 0.634 e. The Kier molecular flexibility index (Phi) is 3.09. The zero-order chi connectivity index (χ0) is 11.7. The molecule has 0 spiro atoms. The second-order valence-electron chi connectivity index (χ2n) is 5.19. The van der Waals surface area contributed by atoms with Crippen LogP contribution in [-0.2, 0) is 13.0 Å². The molecule has 0 saturated carbocycles. The van der Waals surface area contributed by atoms with Crippen molar-refractivity contribution in [1.82, 2.24) is 10.3 Å². The van der Waals surface area contributed by atoms with Crippen molar-refractivity contribution < 1.29 is 5.06 Å². The van der Waals surface area contributed by atoms with Gasteiger partial charge in [0, 0.05) is 30.3 Å². The second kappa shape index (κ2) is 4.72. The van der Waals surface area contributed by atoms with Crippen LogP contribution in [0.15, 0.2) is 18.5 Å². The number of nitrogens with zero attached hydrogens (tertiary/aromatic N) is 1. The Hall–Kier alpha value is -0.970. The fourth-order valence-electron chi connectivity index (χ4n) is 3.16. The van der Waals surface area contributed by atoms with Gasteiger partial charge in [-0.15, -0.1) is 0 Å². The van der Waals surface area contributed by atoms with Gasteiger partial charge in [-0.05, 0) is 37.6 Å². The van der Waals surface area contributed by atoms with Crippen LogP contribution in [0.25, 0.3) is 0 Å². The van der Waals surface area contributed by atoms with Crippen molar-refractivity contribution in [2.24, 2.45) is 5.92 Å². The van der Waals surface area contributed by atoms with Crippen molar-refractivity contribution in [2.75, 3.05) is 13.1 Å². The molecule has 3 rings (SSSR count). The van der Waals surface area contributed by atoms with E-state index in [9.17, 15) is 5.21 Å². The maximum absolute atomic E-state index is 12.2. The van der Waals surface area contributed by atoms with E-state index in [1.54, 1.807) is 0 Å². The van der Waals surface area contributed by atoms with E-state index in [1.807, 2.05) is 12.4 Å². The van der Waals surface area contributed by atoms with E-state index in [1.165, 1.54) is 5.56 Å². The minimum absolute atomic E-state index is 0.256. The normalized spacial score (nSPS) is 29.9. The molecule has 2 atom stereocenters. The third kappa shape index (κ3) is 2.20. The number of nitrogens with one attached hydrogen (secondary N) is 2. The van der Waals surface area contributed by atoms with E-state index in [0.29, 0.717) is 17.5 Å². The first-order valence-corrected chi connectivity index (χ1v) is 6.50. The highest BCUT2D eigenvalue weighted by molar-refractivity contribution is 5.24. The summed E-state index contributed by atoms with van der Waals surface area (Å²) in [4.78, 5) is 4.11. The van der Waals surface area contributed by atoms with Gasteiger partial charge in [0.15, 0.2) is 0 Å². The average molecular weight is 233 g/mol. The number of hydroxylamine groups is 2. The molecule has 1 aromatic heterocycles. The topological polar surface area (TPSA) is 52.4 Å². The lowest BCUT2D eigenvalue weighted by Gasteiger charge is -2.41. The second-order valence-corrected chi connectivity index (χ2v) is 5.19. The van der Waals surface area contributed by atoms with E-state index in [-0.39, 0.29) is 6.04 Å². The van der Waals surface area contributed by atoms with Gasteiger partial charge in [0.1, 0.15) is 6.54 Å². The smallest absolute Gasteiger partial charge is 0.105 e. The molecule has 1 fully saturated rings. The average Bonchev–Trinajstić information content (AvgIpc) is 2.39. The van der Waals surface area contributed by atoms with E-state index >= 15 is 0 Å². The number of rotatable bonds is 1. The number of aromatic nitrogens is 1. The van der Waals surface area contributed by atoms with Gasteiger partial charge < -0.3 is 15.6 Å². The van der Waals surface area contributed by atoms with Gasteiger partial charge in [-0.2, -0.15) is 0 Å². The highest BCUT2D eigenvalue weighted by atomic mass is 16.5. The first kappa shape index (κ1) is 11.1. The molecule has 2 unspecified atom stereocenters. The van der Waals surface area contributed by atoms with Crippen LogP contribution in [0.3, 0.4) is 0 Å². The first-order valence-electron chi connectivity index (χ1n) is 6.50. The van der Waals surface area contributed by atoms with Gasteiger partial charge in [0.2, 0.25) is 0 Å². The van der Waals surface area contributed by atoms with Gasteiger partial charge in [0.25, 0.3) is 0 Å². The highest BCUT2D eigenvalue weighted by Gasteiger charge is 2.32. The summed E-state index contributed by atoms with van der Waals surface area (Å²) < 4.78 is 0. The number of piperidine rings is 1. The van der Waals surface area contributed by atoms with Gasteiger partial charge in [-0.3, -0.25) is 4.98 Å². The first-order chi connectivity index (χ1) is 8.34. The molecule has 4 heteroatoms. The molecule has 0 aromatic carbocycles. The lowest BCUT2D eigenvalue weighted by atomic mass is 9.83. The van der Waals surface area contributed by atoms with E-state index < -0.39 is 0 Å². The summed E-state index contributed by atoms with van der Waals surface area (Å²) in [6.45, 7) is 2.73. The van der Waals surface area contributed by atoms with Crippen molar-refractivity contribution in [3.63, 3.8) is 0 Å². The Bertz CT molecular complexity index is 390. The summed E-state index contributed by atoms with van der Waals surface area (Å²) in [7, 11) is 0. The summed E-state index contributed by atoms with van der Waals surface area (Å²) in [5.74, 6) is 0.588. The third-order valence-electron chi connectivity index (χ3n) is 4.18. The Balaban J connectivity index is 1.79. The third-order valence-corrected chi connectivity index (χ3v) is 4.18. The Morgan fingerprint density at radius 2 is 2.12 bits per heavy atom. The summed E-state index contributed by atoms with van der Waals surface area (Å²) in [6.07, 6.45) is 6.93. The molecule has 4 nitrogen and oxygen atoms in total. The van der Waals surface area contributed by atoms with Crippen LogP contribution in [-0.4, -0.2) is 24.1 Å². The summed E-state index contributed by atoms with van der Waals surface area (Å²) >= 11 is 0. The zero-order valence-electron chi connectivity index (χ0n) is 9.98. The highest BCUT2D eigenvalue weighted by Crippen LogP contribution is 2.21. The van der Waals surface area contributed by atoms with Crippen molar-refractivity contribution in [3.05, 3.63) is 34.8 Å². The van der Waals surface area contributed by atoms with Gasteiger partial charge in [-0.25, -0.2) is 0 Å². The Labute approximate surface area is 102 Å². The molecule has 92 valence electrons. The van der Waals surface area contributed by atoms with Gasteiger partial charge in [0.05, 0.1) is 6.04 Å². The van der Waals surface area contributed by atoms with Crippen molar-refractivity contribution in [3.8, 4) is 0 Å². The molecular formula is C13H19N3O. The molecule has 2 aliphatic heterocycles. The van der Waals surface area contributed by atoms with Gasteiger partial charge in [-0.1, -0.05) is 0 Å². The molecule has 1 aromatic rings. The fourth-order valence-corrected chi connectivity index (χ4v) is 3.16. The predicted molar refractivity (Wildman–Crippen MR) is 65.4 cm³/mol. The summed E-state index contributed by atoms with van der Waals surface area (Å²) in [5, 5.41) is 16.0. The lowest BCUT2D eigenvalue weighted by molar-refractivity contribution is -0.896. The maximum atomic E-state index is 12.2. The van der Waals surface area contributed by atoms with Crippen molar-refractivity contribution in [1.29, 1.82) is 0 Å². The molecule has 0 amide bonds. The predicted octanol–water partition coefficient (Wildman–Crippen LogP) is -0.111. The number of quaternary nitrogens is 1. The maximum Gasteiger partial charge on any atom is 0.105 e. The van der Waals surface area contributed by atoms with Crippen LogP contribution < -0.4 is 10.4 Å². The van der Waals surface area contributed by atoms with E-state index in [4.69, 9.17) is 0 Å². The minimum atomic E-state index is 0.256. The monoisotopic (exact) mass is 233 g/mol. The van der Waals surface area contributed by atoms with Crippen LogP contribution >= 0.6 is 0 Å². The molecule has 2 N–H and O–H groups in total. The van der Waals surface area contributed by atoms with Crippen molar-refractivity contribution >= 4 is 0 Å². The van der Waals surface area contributed by atoms with E-state index in [2.05, 4.69) is 16.4 Å². The Morgan fingerprint density at radius 1 is 1.29 bits per heavy atom. The number of fused-ring (bicyclic) bond motifs is 1. The van der Waals surface area contributed by atoms with Crippen molar-refractivity contribution in [2.45, 2.75) is 31.8 Å². The lowest BCUT2D eigenvalue weighted by Crippen LogP contribution is -3.12. The molecule has 0 radical (unpaired) electrons. The van der Waals surface area contributed by atoms with Crippen LogP contribution in [0.5, 0.6) is 0 Å². The molecule has 3 heterocycles. The van der Waals surface area contributed by atoms with Crippen LogP contribution in [0.4, 0.5) is 0 Å². The standard InChI is InChI=1S/C13H19N3O/c17-16-9-12-8-15-6-3-11(12)7-13(16)10-1-4-14-5-2-10/h3,6,8,10,13-14,16H,1-2,4-5,7,9H2. The summed E-state index contributed by atoms with van der Waals surface area (Å²) in [6, 6.07) is 2.34. The molecule has 0 aliphatic carbocycles. The minimum Gasteiger partial charge on any atom is -0.634 e. The quantitative estimate of drug-likeness (QED) is 0.665. The molecular weight excluding hydrogens is 214 g/mol. The SMILES string of the molecule is [O-][NH+]1Cc2cnccc2CC1C1CCNCC1. The molecule has 1 saturated heterocycles. The fraction of sp³-hybridized carbons (Fsp3) is 0.615. The molecule has 0 bridgehead atoms. The zero-order valence-corrected chi connectivity index (χ0v) is 9.98. The molecule has 2 aliphatic rings. The number of hydrogen-bond acceptors (Lipinski definition) is 3. The molecule has 17 heavy (non-hydrogen) atoms. The number of hydrogen-bond donors (Lipinski definition) is 2. The van der Waals surface area contributed by atoms with Crippen LogP contribution in [0, 0.1) is 11.1 Å². The number of pyridine rings is 1. The van der Waals surface area contributed by atoms with Gasteiger partial charge >= 0.3 is 0 Å².